The highest BCUT2D eigenvalue weighted by Crippen LogP contribution is 2.42. The van der Waals surface area contributed by atoms with Gasteiger partial charge in [-0.2, -0.15) is 0 Å². The smallest absolute Gasteiger partial charge is 0.305 e. The summed E-state index contributed by atoms with van der Waals surface area (Å²) >= 11 is 0. The number of carbonyl (C=O) groups excluding carboxylic acids is 3. The summed E-state index contributed by atoms with van der Waals surface area (Å²) in [5.74, 6) is -0.362. The van der Waals surface area contributed by atoms with Crippen molar-refractivity contribution >= 4 is 17.7 Å². The van der Waals surface area contributed by atoms with E-state index in [1.54, 1.807) is 11.8 Å². The Bertz CT molecular complexity index is 639. The fraction of sp³-hybridized carbons (Fsp3) is 0.471. The molecule has 22 heavy (non-hydrogen) atoms. The summed E-state index contributed by atoms with van der Waals surface area (Å²) < 4.78 is 4.96. The van der Waals surface area contributed by atoms with E-state index in [9.17, 15) is 14.4 Å². The first kappa shape index (κ1) is 14.8. The molecule has 1 fully saturated rings. The lowest BCUT2D eigenvalue weighted by Gasteiger charge is -2.41. The second-order valence-electron chi connectivity index (χ2n) is 5.80. The van der Waals surface area contributed by atoms with E-state index in [0.29, 0.717) is 38.0 Å². The summed E-state index contributed by atoms with van der Waals surface area (Å²) in [6.07, 6.45) is 1.34. The molecule has 0 aromatic heterocycles. The average Bonchev–Trinajstić information content (AvgIpc) is 2.84. The molecule has 116 valence electrons. The van der Waals surface area contributed by atoms with Crippen LogP contribution in [0.25, 0.3) is 0 Å². The normalized spacial score (nSPS) is 23.2. The zero-order chi connectivity index (χ0) is 15.7. The van der Waals surface area contributed by atoms with Gasteiger partial charge in [-0.05, 0) is 25.3 Å². The van der Waals surface area contributed by atoms with Gasteiger partial charge in [0, 0.05) is 24.9 Å². The van der Waals surface area contributed by atoms with Crippen LogP contribution in [0.1, 0.15) is 48.5 Å². The number of benzene rings is 1. The highest BCUT2D eigenvalue weighted by Gasteiger charge is 2.53. The number of nitrogens with zero attached hydrogens (tertiary/aromatic N) is 1. The molecule has 2 aliphatic rings. The molecule has 0 radical (unpaired) electrons. The van der Waals surface area contributed by atoms with Crippen LogP contribution in [0.3, 0.4) is 0 Å². The fourth-order valence-electron chi connectivity index (χ4n) is 3.51. The van der Waals surface area contributed by atoms with Crippen LogP contribution in [-0.2, 0) is 20.9 Å². The topological polar surface area (TPSA) is 63.7 Å². The van der Waals surface area contributed by atoms with Crippen LogP contribution >= 0.6 is 0 Å². The Labute approximate surface area is 129 Å². The van der Waals surface area contributed by atoms with E-state index in [1.165, 1.54) is 0 Å². The van der Waals surface area contributed by atoms with Gasteiger partial charge in [0.05, 0.1) is 6.61 Å². The summed E-state index contributed by atoms with van der Waals surface area (Å²) in [6, 6.07) is 7.40. The van der Waals surface area contributed by atoms with Crippen molar-refractivity contribution in [1.29, 1.82) is 0 Å². The molecule has 1 amide bonds. The van der Waals surface area contributed by atoms with Gasteiger partial charge in [0.1, 0.15) is 5.54 Å². The monoisotopic (exact) mass is 301 g/mol. The van der Waals surface area contributed by atoms with Crippen LogP contribution in [-0.4, -0.2) is 34.7 Å². The number of fused-ring (bicyclic) bond motifs is 2. The number of rotatable bonds is 4. The summed E-state index contributed by atoms with van der Waals surface area (Å²) in [4.78, 5) is 38.5. The van der Waals surface area contributed by atoms with Crippen LogP contribution in [0.2, 0.25) is 0 Å². The van der Waals surface area contributed by atoms with Crippen LogP contribution in [0, 0.1) is 0 Å². The molecule has 0 aliphatic carbocycles. The third-order valence-corrected chi connectivity index (χ3v) is 4.63. The summed E-state index contributed by atoms with van der Waals surface area (Å²) in [7, 11) is 0. The van der Waals surface area contributed by atoms with Crippen LogP contribution in [0.15, 0.2) is 24.3 Å². The maximum atomic E-state index is 13.0. The van der Waals surface area contributed by atoms with Gasteiger partial charge in [0.15, 0.2) is 5.78 Å². The number of esters is 1. The Morgan fingerprint density at radius 3 is 2.86 bits per heavy atom. The van der Waals surface area contributed by atoms with E-state index in [4.69, 9.17) is 4.74 Å². The van der Waals surface area contributed by atoms with Crippen molar-refractivity contribution in [2.45, 2.75) is 44.7 Å². The van der Waals surface area contributed by atoms with Crippen molar-refractivity contribution in [2.24, 2.45) is 0 Å². The number of amides is 1. The zero-order valence-corrected chi connectivity index (χ0v) is 12.6. The molecule has 1 atom stereocenters. The number of hydrogen-bond acceptors (Lipinski definition) is 4. The molecule has 1 aromatic carbocycles. The van der Waals surface area contributed by atoms with E-state index < -0.39 is 5.54 Å². The number of hydrogen-bond donors (Lipinski definition) is 0. The second kappa shape index (κ2) is 5.55. The molecule has 2 aliphatic heterocycles. The lowest BCUT2D eigenvalue weighted by atomic mass is 9.78. The first-order valence-corrected chi connectivity index (χ1v) is 7.67. The standard InChI is InChI=1S/C17H19NO4/c1-2-22-15(20)8-10-17-9-7-14(19)18(17)11-12-5-3-4-6-13(12)16(17)21/h3-6H,2,7-11H2,1H3. The Morgan fingerprint density at radius 2 is 2.09 bits per heavy atom. The molecule has 0 N–H and O–H groups in total. The van der Waals surface area contributed by atoms with Gasteiger partial charge < -0.3 is 9.64 Å². The molecule has 0 saturated carbocycles. The van der Waals surface area contributed by atoms with Crippen LogP contribution < -0.4 is 0 Å². The first-order valence-electron chi connectivity index (χ1n) is 7.67. The van der Waals surface area contributed by atoms with Crippen molar-refractivity contribution in [3.63, 3.8) is 0 Å². The van der Waals surface area contributed by atoms with Crippen molar-refractivity contribution < 1.29 is 19.1 Å². The molecule has 0 spiro atoms. The summed E-state index contributed by atoms with van der Waals surface area (Å²) in [6.45, 7) is 2.53. The van der Waals surface area contributed by atoms with Crippen LogP contribution in [0.4, 0.5) is 0 Å². The molecule has 5 nitrogen and oxygen atoms in total. The van der Waals surface area contributed by atoms with Gasteiger partial charge >= 0.3 is 5.97 Å². The Morgan fingerprint density at radius 1 is 1.32 bits per heavy atom. The van der Waals surface area contributed by atoms with E-state index >= 15 is 0 Å². The van der Waals surface area contributed by atoms with Gasteiger partial charge in [-0.25, -0.2) is 0 Å². The Hall–Kier alpha value is -2.17. The van der Waals surface area contributed by atoms with Gasteiger partial charge in [0.25, 0.3) is 0 Å². The third kappa shape index (κ3) is 2.21. The van der Waals surface area contributed by atoms with Crippen molar-refractivity contribution in [2.75, 3.05) is 6.61 Å². The molecular formula is C17H19NO4. The van der Waals surface area contributed by atoms with Gasteiger partial charge in [0.2, 0.25) is 5.91 Å². The molecule has 5 heteroatoms. The maximum Gasteiger partial charge on any atom is 0.305 e. The molecule has 1 saturated heterocycles. The second-order valence-corrected chi connectivity index (χ2v) is 5.80. The Kier molecular flexibility index (Phi) is 3.72. The average molecular weight is 301 g/mol. The molecule has 0 bridgehead atoms. The number of ketones is 1. The van der Waals surface area contributed by atoms with Crippen molar-refractivity contribution in [3.05, 3.63) is 35.4 Å². The lowest BCUT2D eigenvalue weighted by molar-refractivity contribution is -0.144. The third-order valence-electron chi connectivity index (χ3n) is 4.63. The largest absolute Gasteiger partial charge is 0.466 e. The maximum absolute atomic E-state index is 13.0. The minimum atomic E-state index is -0.863. The van der Waals surface area contributed by atoms with E-state index in [-0.39, 0.29) is 24.1 Å². The molecular weight excluding hydrogens is 282 g/mol. The highest BCUT2D eigenvalue weighted by atomic mass is 16.5. The van der Waals surface area contributed by atoms with Gasteiger partial charge in [-0.3, -0.25) is 14.4 Å². The Balaban J connectivity index is 1.91. The summed E-state index contributed by atoms with van der Waals surface area (Å²) in [5, 5.41) is 0. The zero-order valence-electron chi connectivity index (χ0n) is 12.6. The van der Waals surface area contributed by atoms with E-state index in [0.717, 1.165) is 5.56 Å². The van der Waals surface area contributed by atoms with Crippen LogP contribution in [0.5, 0.6) is 0 Å². The van der Waals surface area contributed by atoms with Gasteiger partial charge in [-0.1, -0.05) is 24.3 Å². The van der Waals surface area contributed by atoms with Crippen molar-refractivity contribution in [1.82, 2.24) is 4.90 Å². The highest BCUT2D eigenvalue weighted by molar-refractivity contribution is 6.09. The van der Waals surface area contributed by atoms with E-state index in [1.807, 2.05) is 24.3 Å². The minimum absolute atomic E-state index is 0.00767. The number of ether oxygens (including phenoxy) is 1. The molecule has 1 unspecified atom stereocenters. The van der Waals surface area contributed by atoms with Crippen molar-refractivity contribution in [3.8, 4) is 0 Å². The molecule has 3 rings (SSSR count). The minimum Gasteiger partial charge on any atom is -0.466 e. The molecule has 1 aromatic rings. The number of Topliss-reactive ketones (excluding diaryl/α,β-unsaturated/α-hetero) is 1. The van der Waals surface area contributed by atoms with Gasteiger partial charge in [-0.15, -0.1) is 0 Å². The predicted molar refractivity (Wildman–Crippen MR) is 79.2 cm³/mol. The summed E-state index contributed by atoms with van der Waals surface area (Å²) in [5.41, 5.74) is 0.699. The first-order chi connectivity index (χ1) is 10.6. The predicted octanol–water partition coefficient (Wildman–Crippen LogP) is 2.09. The fourth-order valence-corrected chi connectivity index (χ4v) is 3.51. The van der Waals surface area contributed by atoms with E-state index in [2.05, 4.69) is 0 Å². The lowest BCUT2D eigenvalue weighted by Crippen LogP contribution is -2.54. The quantitative estimate of drug-likeness (QED) is 0.799. The SMILES string of the molecule is CCOC(=O)CCC12CCC(=O)N1Cc1ccccc1C2=O. The number of carbonyl (C=O) groups is 3. The molecule has 2 heterocycles.